The summed E-state index contributed by atoms with van der Waals surface area (Å²) in [6.45, 7) is 1.95. The molecule has 0 saturated carbocycles. The lowest BCUT2D eigenvalue weighted by molar-refractivity contribution is 0.0992. The average molecular weight is 235 g/mol. The maximum atomic E-state index is 12.3. The smallest absolute Gasteiger partial charge is 0.167 e. The molecular formula is C16H13NO. The summed E-state index contributed by atoms with van der Waals surface area (Å²) in [5, 5.41) is 0. The Labute approximate surface area is 106 Å². The SMILES string of the molecule is CC1=Nc2ccccc2CC(=O)c2ccccc21. The van der Waals surface area contributed by atoms with Crippen molar-refractivity contribution in [3.8, 4) is 0 Å². The molecule has 0 aromatic heterocycles. The van der Waals surface area contributed by atoms with E-state index in [4.69, 9.17) is 0 Å². The van der Waals surface area contributed by atoms with Crippen LogP contribution in [0, 0.1) is 0 Å². The standard InChI is InChI=1S/C16H13NO/c1-11-13-7-3-4-8-14(13)16(18)10-12-6-2-5-9-15(12)17-11/h2-9H,10H2,1H3. The summed E-state index contributed by atoms with van der Waals surface area (Å²) in [4.78, 5) is 17.0. The van der Waals surface area contributed by atoms with Gasteiger partial charge < -0.3 is 0 Å². The highest BCUT2D eigenvalue weighted by molar-refractivity contribution is 6.12. The van der Waals surface area contributed by atoms with E-state index in [2.05, 4.69) is 4.99 Å². The van der Waals surface area contributed by atoms with Gasteiger partial charge in [0.1, 0.15) is 0 Å². The van der Waals surface area contributed by atoms with Gasteiger partial charge >= 0.3 is 0 Å². The number of Topliss-reactive ketones (excluding diaryl/α,β-unsaturated/α-hetero) is 1. The molecule has 0 unspecified atom stereocenters. The predicted octanol–water partition coefficient (Wildman–Crippen LogP) is 3.57. The van der Waals surface area contributed by atoms with Gasteiger partial charge in [-0.05, 0) is 18.6 Å². The number of ketones is 1. The van der Waals surface area contributed by atoms with E-state index >= 15 is 0 Å². The number of carbonyl (C=O) groups excluding carboxylic acids is 1. The minimum atomic E-state index is 0.160. The Bertz CT molecular complexity index is 656. The van der Waals surface area contributed by atoms with Crippen LogP contribution in [0.1, 0.15) is 28.4 Å². The molecule has 18 heavy (non-hydrogen) atoms. The Morgan fingerprint density at radius 1 is 0.944 bits per heavy atom. The number of aliphatic imine (C=N–C) groups is 1. The molecule has 1 aliphatic rings. The molecule has 2 aromatic carbocycles. The van der Waals surface area contributed by atoms with E-state index < -0.39 is 0 Å². The molecule has 0 atom stereocenters. The lowest BCUT2D eigenvalue weighted by Crippen LogP contribution is -2.12. The van der Waals surface area contributed by atoms with E-state index in [1.807, 2.05) is 55.5 Å². The van der Waals surface area contributed by atoms with Crippen molar-refractivity contribution in [3.63, 3.8) is 0 Å². The van der Waals surface area contributed by atoms with Gasteiger partial charge in [-0.15, -0.1) is 0 Å². The molecule has 0 saturated heterocycles. The maximum absolute atomic E-state index is 12.3. The molecule has 2 nitrogen and oxygen atoms in total. The highest BCUT2D eigenvalue weighted by Gasteiger charge is 2.17. The van der Waals surface area contributed by atoms with Crippen LogP contribution in [-0.2, 0) is 6.42 Å². The first-order chi connectivity index (χ1) is 8.75. The summed E-state index contributed by atoms with van der Waals surface area (Å²) in [6.07, 6.45) is 0.421. The molecule has 2 heteroatoms. The fraction of sp³-hybridized carbons (Fsp3) is 0.125. The minimum absolute atomic E-state index is 0.160. The van der Waals surface area contributed by atoms with E-state index in [0.717, 1.165) is 28.1 Å². The number of hydrogen-bond donors (Lipinski definition) is 0. The van der Waals surface area contributed by atoms with Gasteiger partial charge in [-0.2, -0.15) is 0 Å². The van der Waals surface area contributed by atoms with Gasteiger partial charge in [0, 0.05) is 23.3 Å². The Morgan fingerprint density at radius 3 is 2.44 bits per heavy atom. The summed E-state index contributed by atoms with van der Waals surface area (Å²) in [5.74, 6) is 0.160. The molecule has 0 spiro atoms. The Balaban J connectivity index is 2.26. The highest BCUT2D eigenvalue weighted by Crippen LogP contribution is 2.25. The lowest BCUT2D eigenvalue weighted by atomic mass is 9.94. The fourth-order valence-corrected chi connectivity index (χ4v) is 2.32. The second-order valence-electron chi connectivity index (χ2n) is 4.47. The van der Waals surface area contributed by atoms with Crippen molar-refractivity contribution in [1.29, 1.82) is 0 Å². The van der Waals surface area contributed by atoms with E-state index in [0.29, 0.717) is 6.42 Å². The van der Waals surface area contributed by atoms with Crippen molar-refractivity contribution >= 4 is 17.2 Å². The van der Waals surface area contributed by atoms with Crippen LogP contribution in [0.4, 0.5) is 5.69 Å². The van der Waals surface area contributed by atoms with Gasteiger partial charge in [0.15, 0.2) is 5.78 Å². The predicted molar refractivity (Wildman–Crippen MR) is 72.8 cm³/mol. The summed E-state index contributed by atoms with van der Waals surface area (Å²) < 4.78 is 0. The van der Waals surface area contributed by atoms with E-state index in [1.165, 1.54) is 0 Å². The van der Waals surface area contributed by atoms with E-state index in [-0.39, 0.29) is 5.78 Å². The zero-order valence-corrected chi connectivity index (χ0v) is 10.2. The summed E-state index contributed by atoms with van der Waals surface area (Å²) in [5.41, 5.74) is 4.51. The number of nitrogens with zero attached hydrogens (tertiary/aromatic N) is 1. The monoisotopic (exact) mass is 235 g/mol. The average Bonchev–Trinajstić information content (AvgIpc) is 2.39. The molecular weight excluding hydrogens is 222 g/mol. The first-order valence-electron chi connectivity index (χ1n) is 6.01. The normalized spacial score (nSPS) is 14.1. The van der Waals surface area contributed by atoms with Crippen LogP contribution in [0.3, 0.4) is 0 Å². The van der Waals surface area contributed by atoms with Crippen LogP contribution in [0.15, 0.2) is 53.5 Å². The second kappa shape index (κ2) is 4.22. The van der Waals surface area contributed by atoms with Crippen molar-refractivity contribution in [3.05, 3.63) is 65.2 Å². The third-order valence-corrected chi connectivity index (χ3v) is 3.25. The van der Waals surface area contributed by atoms with Crippen molar-refractivity contribution in [2.45, 2.75) is 13.3 Å². The molecule has 2 aromatic rings. The van der Waals surface area contributed by atoms with Crippen LogP contribution in [0.2, 0.25) is 0 Å². The van der Waals surface area contributed by atoms with Gasteiger partial charge in [0.2, 0.25) is 0 Å². The summed E-state index contributed by atoms with van der Waals surface area (Å²) in [6, 6.07) is 15.5. The van der Waals surface area contributed by atoms with Crippen LogP contribution in [0.5, 0.6) is 0 Å². The summed E-state index contributed by atoms with van der Waals surface area (Å²) in [7, 11) is 0. The van der Waals surface area contributed by atoms with Gasteiger partial charge in [-0.25, -0.2) is 0 Å². The third-order valence-electron chi connectivity index (χ3n) is 3.25. The molecule has 0 fully saturated rings. The zero-order valence-electron chi connectivity index (χ0n) is 10.2. The first kappa shape index (κ1) is 10.9. The van der Waals surface area contributed by atoms with Crippen LogP contribution >= 0.6 is 0 Å². The third kappa shape index (κ3) is 1.76. The number of fused-ring (bicyclic) bond motifs is 2. The quantitative estimate of drug-likeness (QED) is 0.686. The second-order valence-corrected chi connectivity index (χ2v) is 4.47. The van der Waals surface area contributed by atoms with Crippen LogP contribution in [-0.4, -0.2) is 11.5 Å². The zero-order chi connectivity index (χ0) is 12.5. The molecule has 3 rings (SSSR count). The Kier molecular flexibility index (Phi) is 2.56. The molecule has 1 heterocycles. The van der Waals surface area contributed by atoms with Crippen molar-refractivity contribution < 1.29 is 4.79 Å². The molecule has 1 aliphatic heterocycles. The topological polar surface area (TPSA) is 29.4 Å². The Hall–Kier alpha value is -2.22. The number of rotatable bonds is 0. The molecule has 88 valence electrons. The van der Waals surface area contributed by atoms with Gasteiger partial charge in [0.25, 0.3) is 0 Å². The molecule has 0 radical (unpaired) electrons. The highest BCUT2D eigenvalue weighted by atomic mass is 16.1. The largest absolute Gasteiger partial charge is 0.294 e. The molecule has 0 N–H and O–H groups in total. The number of para-hydroxylation sites is 1. The lowest BCUT2D eigenvalue weighted by Gasteiger charge is -2.14. The maximum Gasteiger partial charge on any atom is 0.167 e. The summed E-state index contributed by atoms with van der Waals surface area (Å²) >= 11 is 0. The van der Waals surface area contributed by atoms with Crippen LogP contribution in [0.25, 0.3) is 0 Å². The van der Waals surface area contributed by atoms with Crippen molar-refractivity contribution in [2.75, 3.05) is 0 Å². The van der Waals surface area contributed by atoms with Gasteiger partial charge in [-0.1, -0.05) is 42.5 Å². The number of hydrogen-bond acceptors (Lipinski definition) is 2. The minimum Gasteiger partial charge on any atom is -0.294 e. The molecule has 0 amide bonds. The van der Waals surface area contributed by atoms with E-state index in [9.17, 15) is 4.79 Å². The number of carbonyl (C=O) groups is 1. The Morgan fingerprint density at radius 2 is 1.61 bits per heavy atom. The molecule has 0 aliphatic carbocycles. The van der Waals surface area contributed by atoms with Crippen LogP contribution < -0.4 is 0 Å². The molecule has 0 bridgehead atoms. The van der Waals surface area contributed by atoms with E-state index in [1.54, 1.807) is 0 Å². The van der Waals surface area contributed by atoms with Crippen molar-refractivity contribution in [1.82, 2.24) is 0 Å². The van der Waals surface area contributed by atoms with Crippen molar-refractivity contribution in [2.24, 2.45) is 4.99 Å². The van der Waals surface area contributed by atoms with Gasteiger partial charge in [0.05, 0.1) is 5.69 Å². The fourth-order valence-electron chi connectivity index (χ4n) is 2.32. The number of benzene rings is 2. The first-order valence-corrected chi connectivity index (χ1v) is 6.01. The van der Waals surface area contributed by atoms with Gasteiger partial charge in [-0.3, -0.25) is 9.79 Å².